The van der Waals surface area contributed by atoms with Gasteiger partial charge in [-0.1, -0.05) is 16.9 Å². The Morgan fingerprint density at radius 2 is 1.90 bits per heavy atom. The van der Waals surface area contributed by atoms with Gasteiger partial charge in [-0.05, 0) is 42.3 Å². The van der Waals surface area contributed by atoms with Crippen LogP contribution in [0.5, 0.6) is 0 Å². The van der Waals surface area contributed by atoms with E-state index in [4.69, 9.17) is 5.10 Å². The third-order valence-corrected chi connectivity index (χ3v) is 8.22. The summed E-state index contributed by atoms with van der Waals surface area (Å²) in [5.41, 5.74) is 5.05. The average Bonchev–Trinajstić information content (AvgIpc) is 3.49. The molecule has 3 aliphatic rings. The molecule has 1 N–H and O–H groups in total. The lowest BCUT2D eigenvalue weighted by atomic mass is 9.88. The van der Waals surface area contributed by atoms with Crippen LogP contribution in [0.4, 0.5) is 10.1 Å². The molecule has 0 unspecified atom stereocenters. The Morgan fingerprint density at radius 1 is 1.08 bits per heavy atom. The van der Waals surface area contributed by atoms with Gasteiger partial charge in [-0.15, -0.1) is 9.69 Å². The molecule has 0 atom stereocenters. The van der Waals surface area contributed by atoms with Crippen molar-refractivity contribution < 1.29 is 14.0 Å². The number of hydrogen-bond acceptors (Lipinski definition) is 5. The van der Waals surface area contributed by atoms with Crippen molar-refractivity contribution in [2.75, 3.05) is 18.4 Å². The molecule has 5 aromatic rings. The highest BCUT2D eigenvalue weighted by molar-refractivity contribution is 6.00. The van der Waals surface area contributed by atoms with Gasteiger partial charge in [0, 0.05) is 41.3 Å². The van der Waals surface area contributed by atoms with Crippen molar-refractivity contribution in [3.63, 3.8) is 0 Å². The van der Waals surface area contributed by atoms with E-state index in [0.29, 0.717) is 42.6 Å². The Morgan fingerprint density at radius 3 is 2.67 bits per heavy atom. The summed E-state index contributed by atoms with van der Waals surface area (Å²) in [5, 5.41) is 14.0. The first-order valence-corrected chi connectivity index (χ1v) is 13.1. The standard InChI is InChI=1S/C29H26FN7O2/c1-17-10-21(15-31-13-17)33-27(39)16-35-25-5-3-4-22-23-12-26-20(11-24(23)30)14-32-36(26)37(18(2)38)8-6-19(7-9-37)29(34-35)28(22)25/h3-5,10-15,19H,6-9,16H2,1-2H3/p+1. The van der Waals surface area contributed by atoms with Gasteiger partial charge < -0.3 is 5.32 Å². The minimum atomic E-state index is -0.367. The third-order valence-electron chi connectivity index (χ3n) is 8.22. The van der Waals surface area contributed by atoms with Crippen molar-refractivity contribution in [1.82, 2.24) is 29.2 Å². The van der Waals surface area contributed by atoms with Gasteiger partial charge >= 0.3 is 5.91 Å². The Kier molecular flexibility index (Phi) is 5.18. The summed E-state index contributed by atoms with van der Waals surface area (Å²) in [4.78, 5) is 32.1. The maximum atomic E-state index is 15.6. The number of pyridine rings is 1. The zero-order chi connectivity index (χ0) is 26.9. The molecule has 1 saturated heterocycles. The molecule has 10 heteroatoms. The number of carbonyl (C=O) groups is 2. The van der Waals surface area contributed by atoms with Gasteiger partial charge in [-0.25, -0.2) is 9.18 Å². The van der Waals surface area contributed by atoms with Gasteiger partial charge in [0.05, 0.1) is 36.2 Å². The van der Waals surface area contributed by atoms with E-state index in [1.165, 1.54) is 6.07 Å². The van der Waals surface area contributed by atoms with Crippen LogP contribution in [0.25, 0.3) is 32.9 Å². The van der Waals surface area contributed by atoms with Crippen LogP contribution in [0.15, 0.2) is 55.0 Å². The van der Waals surface area contributed by atoms with Crippen molar-refractivity contribution in [3.05, 3.63) is 72.1 Å². The highest BCUT2D eigenvalue weighted by Crippen LogP contribution is 2.42. The summed E-state index contributed by atoms with van der Waals surface area (Å²) in [6.07, 6.45) is 6.39. The number of halogens is 1. The fourth-order valence-corrected chi connectivity index (χ4v) is 6.30. The molecule has 3 aromatic heterocycles. The van der Waals surface area contributed by atoms with Crippen LogP contribution in [0.1, 0.15) is 36.9 Å². The molecule has 2 aromatic carbocycles. The lowest BCUT2D eigenvalue weighted by Crippen LogP contribution is -2.65. The number of amides is 2. The quantitative estimate of drug-likeness (QED) is 0.353. The van der Waals surface area contributed by atoms with Gasteiger partial charge in [0.2, 0.25) is 5.91 Å². The van der Waals surface area contributed by atoms with E-state index in [1.54, 1.807) is 41.1 Å². The SMILES string of the molecule is CC(=O)[N+]12CCC(CC1)c1nn(CC(=O)Nc3cncc(C)c3)c3cccc(c13)-c1cc3c(cnn32)cc1F. The van der Waals surface area contributed by atoms with Gasteiger partial charge in [0.1, 0.15) is 31.0 Å². The lowest BCUT2D eigenvalue weighted by Gasteiger charge is -2.39. The summed E-state index contributed by atoms with van der Waals surface area (Å²) in [6.45, 7) is 4.63. The molecule has 6 heterocycles. The number of nitrogens with one attached hydrogen (secondary N) is 1. The smallest absolute Gasteiger partial charge is 0.323 e. The fraction of sp³-hybridized carbons (Fsp3) is 0.276. The molecule has 9 nitrogen and oxygen atoms in total. The number of rotatable bonds is 3. The zero-order valence-corrected chi connectivity index (χ0v) is 21.7. The maximum Gasteiger partial charge on any atom is 0.336 e. The number of anilines is 1. The molecule has 8 rings (SSSR count). The summed E-state index contributed by atoms with van der Waals surface area (Å²) >= 11 is 0. The van der Waals surface area contributed by atoms with Crippen molar-refractivity contribution >= 4 is 39.3 Å². The normalized spacial score (nSPS) is 19.9. The van der Waals surface area contributed by atoms with Crippen molar-refractivity contribution in [3.8, 4) is 11.1 Å². The van der Waals surface area contributed by atoms with Gasteiger partial charge in [0.15, 0.2) is 0 Å². The topological polar surface area (TPSA) is 94.7 Å². The van der Waals surface area contributed by atoms with Crippen LogP contribution >= 0.6 is 0 Å². The third kappa shape index (κ3) is 3.59. The van der Waals surface area contributed by atoms with E-state index >= 15 is 4.39 Å². The van der Waals surface area contributed by atoms with E-state index in [1.807, 2.05) is 31.2 Å². The molecule has 196 valence electrons. The molecule has 0 radical (unpaired) electrons. The first-order chi connectivity index (χ1) is 18.8. The van der Waals surface area contributed by atoms with Crippen LogP contribution in [0.2, 0.25) is 0 Å². The fourth-order valence-electron chi connectivity index (χ4n) is 6.30. The number of aryl methyl sites for hydroxylation is 1. The minimum absolute atomic E-state index is 0.000859. The second-order valence-electron chi connectivity index (χ2n) is 10.6. The van der Waals surface area contributed by atoms with Crippen LogP contribution in [0.3, 0.4) is 0 Å². The minimum Gasteiger partial charge on any atom is -0.323 e. The molecule has 0 spiro atoms. The van der Waals surface area contributed by atoms with Gasteiger partial charge in [-0.2, -0.15) is 5.10 Å². The predicted octanol–water partition coefficient (Wildman–Crippen LogP) is 4.41. The molecule has 1 fully saturated rings. The number of benzene rings is 2. The van der Waals surface area contributed by atoms with E-state index in [9.17, 15) is 9.59 Å². The number of fused-ring (bicyclic) bond motifs is 2. The number of quaternary nitrogens is 1. The van der Waals surface area contributed by atoms with E-state index in [-0.39, 0.29) is 34.7 Å². The van der Waals surface area contributed by atoms with Crippen molar-refractivity contribution in [2.24, 2.45) is 0 Å². The van der Waals surface area contributed by atoms with E-state index in [0.717, 1.165) is 33.2 Å². The Balaban J connectivity index is 1.41. The second kappa shape index (κ2) is 8.54. The molecule has 39 heavy (non-hydrogen) atoms. The predicted molar refractivity (Wildman–Crippen MR) is 146 cm³/mol. The summed E-state index contributed by atoms with van der Waals surface area (Å²) in [6, 6.07) is 10.8. The number of hydrogen-bond donors (Lipinski definition) is 1. The zero-order valence-electron chi connectivity index (χ0n) is 21.7. The lowest BCUT2D eigenvalue weighted by molar-refractivity contribution is -0.137. The van der Waals surface area contributed by atoms with Crippen LogP contribution in [0, 0.1) is 12.7 Å². The Labute approximate surface area is 223 Å². The highest BCUT2D eigenvalue weighted by Gasteiger charge is 2.44. The first-order valence-electron chi connectivity index (χ1n) is 13.1. The number of piperidine rings is 1. The van der Waals surface area contributed by atoms with Crippen molar-refractivity contribution in [1.29, 1.82) is 0 Å². The van der Waals surface area contributed by atoms with E-state index in [2.05, 4.69) is 15.4 Å². The van der Waals surface area contributed by atoms with Crippen LogP contribution in [-0.2, 0) is 16.1 Å². The number of carbonyl (C=O) groups excluding carboxylic acids is 2. The maximum absolute atomic E-state index is 15.6. The second-order valence-corrected chi connectivity index (χ2v) is 10.6. The molecule has 2 amide bonds. The summed E-state index contributed by atoms with van der Waals surface area (Å²) < 4.78 is 17.4. The molecular formula is C29H27FN7O2+. The van der Waals surface area contributed by atoms with Crippen molar-refractivity contribution in [2.45, 2.75) is 39.2 Å². The molecule has 0 aliphatic carbocycles. The molecule has 4 bridgehead atoms. The molecular weight excluding hydrogens is 497 g/mol. The van der Waals surface area contributed by atoms with Crippen LogP contribution < -0.4 is 9.91 Å². The monoisotopic (exact) mass is 524 g/mol. The van der Waals surface area contributed by atoms with Gasteiger partial charge in [-0.3, -0.25) is 14.5 Å². The highest BCUT2D eigenvalue weighted by atomic mass is 19.1. The summed E-state index contributed by atoms with van der Waals surface area (Å²) in [7, 11) is 0. The van der Waals surface area contributed by atoms with Gasteiger partial charge in [0.25, 0.3) is 0 Å². The largest absolute Gasteiger partial charge is 0.336 e. The molecule has 0 saturated carbocycles. The Hall–Kier alpha value is -4.44. The number of nitrogens with zero attached hydrogens (tertiary/aromatic N) is 6. The first kappa shape index (κ1) is 23.7. The summed E-state index contributed by atoms with van der Waals surface area (Å²) in [5.74, 6) is -0.541. The average molecular weight is 525 g/mol. The van der Waals surface area contributed by atoms with E-state index < -0.39 is 0 Å². The molecule has 3 aliphatic heterocycles. The number of aromatic nitrogens is 5. The Bertz CT molecular complexity index is 1810. The van der Waals surface area contributed by atoms with Crippen LogP contribution in [-0.4, -0.2) is 49.6 Å².